The highest BCUT2D eigenvalue weighted by molar-refractivity contribution is 6.30. The topological polar surface area (TPSA) is 54.3 Å². The number of nitrogens with zero attached hydrogens (tertiary/aromatic N) is 2. The first-order chi connectivity index (χ1) is 16.5. The van der Waals surface area contributed by atoms with Crippen LogP contribution in [-0.2, 0) is 12.8 Å². The van der Waals surface area contributed by atoms with Crippen molar-refractivity contribution in [2.45, 2.75) is 39.5 Å². The summed E-state index contributed by atoms with van der Waals surface area (Å²) in [5.74, 6) is 3.63. The molecule has 34 heavy (non-hydrogen) atoms. The summed E-state index contributed by atoms with van der Waals surface area (Å²) in [6.45, 7) is 8.53. The van der Waals surface area contributed by atoms with Gasteiger partial charge in [0, 0.05) is 23.6 Å². The maximum absolute atomic E-state index is 6.26. The summed E-state index contributed by atoms with van der Waals surface area (Å²) in [4.78, 5) is 10.8. The molecule has 0 radical (unpaired) electrons. The third-order valence-electron chi connectivity index (χ3n) is 6.32. The van der Waals surface area contributed by atoms with Crippen molar-refractivity contribution in [3.8, 4) is 17.3 Å². The van der Waals surface area contributed by atoms with Crippen molar-refractivity contribution in [3.63, 3.8) is 0 Å². The van der Waals surface area contributed by atoms with Gasteiger partial charge in [0.25, 0.3) is 0 Å². The molecule has 0 unspecified atom stereocenters. The van der Waals surface area contributed by atoms with Crippen LogP contribution in [0.4, 0.5) is 0 Å². The molecule has 1 aliphatic heterocycles. The van der Waals surface area contributed by atoms with Crippen molar-refractivity contribution in [1.29, 1.82) is 0 Å². The van der Waals surface area contributed by atoms with Crippen LogP contribution in [0.25, 0.3) is 22.6 Å². The number of halogens is 1. The van der Waals surface area contributed by atoms with E-state index in [0.717, 1.165) is 52.7 Å². The van der Waals surface area contributed by atoms with E-state index in [9.17, 15) is 0 Å². The van der Waals surface area contributed by atoms with Crippen LogP contribution in [0.2, 0.25) is 5.02 Å². The summed E-state index contributed by atoms with van der Waals surface area (Å²) < 4.78 is 12.2. The molecule has 0 amide bonds. The Kier molecular flexibility index (Phi) is 6.93. The van der Waals surface area contributed by atoms with Crippen LogP contribution >= 0.6 is 11.6 Å². The van der Waals surface area contributed by atoms with Gasteiger partial charge in [-0.1, -0.05) is 31.5 Å². The number of benzene rings is 2. The molecule has 3 heterocycles. The lowest BCUT2D eigenvalue weighted by atomic mass is 10.1. The molecule has 6 heteroatoms. The Balaban J connectivity index is 1.30. The van der Waals surface area contributed by atoms with E-state index in [2.05, 4.69) is 41.9 Å². The van der Waals surface area contributed by atoms with Gasteiger partial charge in [-0.2, -0.15) is 0 Å². The Morgan fingerprint density at radius 1 is 1.09 bits per heavy atom. The fourth-order valence-corrected chi connectivity index (χ4v) is 4.69. The molecule has 1 fully saturated rings. The molecule has 0 saturated carbocycles. The first-order valence-corrected chi connectivity index (χ1v) is 12.6. The van der Waals surface area contributed by atoms with Gasteiger partial charge in [-0.15, -0.1) is 0 Å². The third-order valence-corrected chi connectivity index (χ3v) is 6.55. The summed E-state index contributed by atoms with van der Waals surface area (Å²) in [5.41, 5.74) is 4.36. The normalized spacial score (nSPS) is 14.5. The van der Waals surface area contributed by atoms with E-state index in [0.29, 0.717) is 24.0 Å². The molecule has 5 nitrogen and oxygen atoms in total. The largest absolute Gasteiger partial charge is 0.493 e. The van der Waals surface area contributed by atoms with E-state index in [1.165, 1.54) is 31.5 Å². The molecule has 0 bridgehead atoms. The average Bonchev–Trinajstić information content (AvgIpc) is 3.57. The highest BCUT2D eigenvalue weighted by Crippen LogP contribution is 2.29. The maximum atomic E-state index is 6.26. The van der Waals surface area contributed by atoms with Gasteiger partial charge in [0.05, 0.1) is 17.6 Å². The van der Waals surface area contributed by atoms with Crippen LogP contribution in [0.3, 0.4) is 0 Å². The lowest BCUT2D eigenvalue weighted by Crippen LogP contribution is -2.21. The van der Waals surface area contributed by atoms with Crippen LogP contribution < -0.4 is 4.74 Å². The van der Waals surface area contributed by atoms with Gasteiger partial charge in [0.2, 0.25) is 0 Å². The molecule has 0 spiro atoms. The maximum Gasteiger partial charge on any atom is 0.174 e. The van der Waals surface area contributed by atoms with Crippen LogP contribution in [0, 0.1) is 5.92 Å². The van der Waals surface area contributed by atoms with Gasteiger partial charge in [0.15, 0.2) is 11.6 Å². The standard InChI is InChI=1S/C28H32ClN3O2/c1-19(2)18-33-26-9-6-22(29)16-21(26)17-23-7-10-27(34-23)28-30-24-8-5-20(15-25(24)31-28)11-14-32-12-3-4-13-32/h5-10,15-16,19H,3-4,11-14,17-18H2,1-2H3,(H,30,31). The minimum atomic E-state index is 0.451. The van der Waals surface area contributed by atoms with Crippen molar-refractivity contribution in [1.82, 2.24) is 14.9 Å². The molecular formula is C28H32ClN3O2. The van der Waals surface area contributed by atoms with Gasteiger partial charge < -0.3 is 19.0 Å². The van der Waals surface area contributed by atoms with E-state index < -0.39 is 0 Å². The summed E-state index contributed by atoms with van der Waals surface area (Å²) >= 11 is 6.26. The van der Waals surface area contributed by atoms with Crippen molar-refractivity contribution >= 4 is 22.6 Å². The van der Waals surface area contributed by atoms with Crippen LogP contribution in [-0.4, -0.2) is 41.1 Å². The number of nitrogens with one attached hydrogen (secondary N) is 1. The number of aromatic amines is 1. The zero-order valence-corrected chi connectivity index (χ0v) is 20.7. The summed E-state index contributed by atoms with van der Waals surface area (Å²) in [6, 6.07) is 16.2. The Labute approximate surface area is 206 Å². The van der Waals surface area contributed by atoms with Crippen molar-refractivity contribution in [2.75, 3.05) is 26.2 Å². The summed E-state index contributed by atoms with van der Waals surface area (Å²) in [7, 11) is 0. The SMILES string of the molecule is CC(C)COc1ccc(Cl)cc1Cc1ccc(-c2nc3ccc(CCN4CCCC4)cc3[nH]2)o1. The van der Waals surface area contributed by atoms with E-state index >= 15 is 0 Å². The predicted octanol–water partition coefficient (Wildman–Crippen LogP) is 6.74. The van der Waals surface area contributed by atoms with Crippen molar-refractivity contribution in [2.24, 2.45) is 5.92 Å². The van der Waals surface area contributed by atoms with Gasteiger partial charge in [-0.3, -0.25) is 0 Å². The molecule has 1 saturated heterocycles. The number of ether oxygens (including phenoxy) is 1. The molecule has 1 N–H and O–H groups in total. The molecule has 2 aromatic carbocycles. The zero-order chi connectivity index (χ0) is 23.5. The molecule has 4 aromatic rings. The fourth-order valence-electron chi connectivity index (χ4n) is 4.49. The first-order valence-electron chi connectivity index (χ1n) is 12.2. The second-order valence-electron chi connectivity index (χ2n) is 9.64. The van der Waals surface area contributed by atoms with Gasteiger partial charge in [0.1, 0.15) is 11.5 Å². The highest BCUT2D eigenvalue weighted by Gasteiger charge is 2.14. The lowest BCUT2D eigenvalue weighted by Gasteiger charge is -2.13. The number of furan rings is 1. The van der Waals surface area contributed by atoms with Crippen molar-refractivity contribution in [3.05, 3.63) is 70.4 Å². The second-order valence-corrected chi connectivity index (χ2v) is 10.1. The zero-order valence-electron chi connectivity index (χ0n) is 19.9. The highest BCUT2D eigenvalue weighted by atomic mass is 35.5. The number of likely N-dealkylation sites (tertiary alicyclic amines) is 1. The fraction of sp³-hybridized carbons (Fsp3) is 0.393. The van der Waals surface area contributed by atoms with Gasteiger partial charge >= 0.3 is 0 Å². The number of aromatic nitrogens is 2. The number of H-pyrrole nitrogens is 1. The smallest absolute Gasteiger partial charge is 0.174 e. The third kappa shape index (κ3) is 5.48. The minimum absolute atomic E-state index is 0.451. The van der Waals surface area contributed by atoms with Gasteiger partial charge in [-0.05, 0) is 86.3 Å². The van der Waals surface area contributed by atoms with E-state index in [-0.39, 0.29) is 0 Å². The number of imidazole rings is 1. The number of hydrogen-bond acceptors (Lipinski definition) is 4. The Morgan fingerprint density at radius 3 is 2.76 bits per heavy atom. The number of fused-ring (bicyclic) bond motifs is 1. The van der Waals surface area contributed by atoms with Crippen molar-refractivity contribution < 1.29 is 9.15 Å². The molecule has 0 atom stereocenters. The van der Waals surface area contributed by atoms with Gasteiger partial charge in [-0.25, -0.2) is 4.98 Å². The Bertz CT molecular complexity index is 1250. The minimum Gasteiger partial charge on any atom is -0.493 e. The second kappa shape index (κ2) is 10.2. The summed E-state index contributed by atoms with van der Waals surface area (Å²) in [5, 5.41) is 0.691. The average molecular weight is 478 g/mol. The number of hydrogen-bond donors (Lipinski definition) is 1. The van der Waals surface area contributed by atoms with E-state index in [1.807, 2.05) is 30.3 Å². The van der Waals surface area contributed by atoms with E-state index in [4.69, 9.17) is 25.7 Å². The lowest BCUT2D eigenvalue weighted by molar-refractivity contribution is 0.268. The monoisotopic (exact) mass is 477 g/mol. The molecule has 178 valence electrons. The summed E-state index contributed by atoms with van der Waals surface area (Å²) in [6.07, 6.45) is 4.33. The predicted molar refractivity (Wildman–Crippen MR) is 138 cm³/mol. The number of rotatable bonds is 9. The molecule has 2 aromatic heterocycles. The van der Waals surface area contributed by atoms with E-state index in [1.54, 1.807) is 0 Å². The molecule has 0 aliphatic carbocycles. The quantitative estimate of drug-likeness (QED) is 0.290. The van der Waals surface area contributed by atoms with Crippen LogP contribution in [0.5, 0.6) is 5.75 Å². The Hall–Kier alpha value is -2.76. The Morgan fingerprint density at radius 2 is 1.94 bits per heavy atom. The molecular weight excluding hydrogens is 446 g/mol. The van der Waals surface area contributed by atoms with Crippen LogP contribution in [0.1, 0.15) is 43.6 Å². The molecule has 5 rings (SSSR count). The first kappa shape index (κ1) is 23.0. The molecule has 1 aliphatic rings. The van der Waals surface area contributed by atoms with Crippen LogP contribution in [0.15, 0.2) is 52.9 Å².